The first-order valence-electron chi connectivity index (χ1n) is 5.12. The third-order valence-corrected chi connectivity index (χ3v) is 3.96. The zero-order valence-electron chi connectivity index (χ0n) is 8.79. The van der Waals surface area contributed by atoms with Crippen molar-refractivity contribution in [2.24, 2.45) is 0 Å². The van der Waals surface area contributed by atoms with E-state index in [1.165, 1.54) is 6.07 Å². The van der Waals surface area contributed by atoms with Gasteiger partial charge in [-0.15, -0.1) is 0 Å². The van der Waals surface area contributed by atoms with Crippen LogP contribution in [0.2, 0.25) is 5.02 Å². The van der Waals surface area contributed by atoms with E-state index in [4.69, 9.17) is 11.6 Å². The van der Waals surface area contributed by atoms with Gasteiger partial charge in [-0.2, -0.15) is 0 Å². The number of phenols is 1. The Hall–Kier alpha value is -0.260. The number of fused-ring (bicyclic) bond motifs is 1. The number of carbonyl (C=O) groups is 1. The quantitative estimate of drug-likeness (QED) is 0.755. The van der Waals surface area contributed by atoms with Crippen LogP contribution in [0.1, 0.15) is 12.0 Å². The van der Waals surface area contributed by atoms with E-state index in [1.807, 2.05) is 0 Å². The molecule has 0 radical (unpaired) electrons. The Balaban J connectivity index is 2.45. The number of alkyl halides is 2. The number of halogens is 3. The fourth-order valence-corrected chi connectivity index (χ4v) is 2.72. The molecule has 1 aromatic rings. The lowest BCUT2D eigenvalue weighted by Gasteiger charge is -2.30. The van der Waals surface area contributed by atoms with Crippen LogP contribution in [0.3, 0.4) is 0 Å². The molecule has 0 aromatic heterocycles. The first-order valence-corrected chi connectivity index (χ1v) is 7.33. The Morgan fingerprint density at radius 1 is 1.47 bits per heavy atom. The predicted octanol–water partition coefficient (Wildman–Crippen LogP) is 3.44. The first-order chi connectivity index (χ1) is 8.02. The summed E-state index contributed by atoms with van der Waals surface area (Å²) in [6.45, 7) is 0.667. The Morgan fingerprint density at radius 3 is 2.82 bits per heavy atom. The molecule has 1 amide bonds. The minimum absolute atomic E-state index is 0.0623. The number of phenolic OH excluding ortho intramolecular Hbond substituents is 1. The highest BCUT2D eigenvalue weighted by Gasteiger charge is 2.27. The van der Waals surface area contributed by atoms with Crippen molar-refractivity contribution in [3.8, 4) is 5.75 Å². The summed E-state index contributed by atoms with van der Waals surface area (Å²) in [7, 11) is 0. The van der Waals surface area contributed by atoms with E-state index in [-0.39, 0.29) is 11.7 Å². The lowest BCUT2D eigenvalue weighted by atomic mass is 10.0. The highest BCUT2D eigenvalue weighted by Crippen LogP contribution is 2.38. The average molecular weight is 383 g/mol. The summed E-state index contributed by atoms with van der Waals surface area (Å²) >= 11 is 12.5. The number of amides is 1. The highest BCUT2D eigenvalue weighted by atomic mass is 79.9. The molecule has 6 heteroatoms. The summed E-state index contributed by atoms with van der Waals surface area (Å²) in [6, 6.07) is 3.25. The van der Waals surface area contributed by atoms with E-state index in [0.29, 0.717) is 11.6 Å². The Morgan fingerprint density at radius 2 is 2.18 bits per heavy atom. The predicted molar refractivity (Wildman–Crippen MR) is 75.4 cm³/mol. The van der Waals surface area contributed by atoms with Crippen molar-refractivity contribution in [2.45, 2.75) is 16.6 Å². The largest absolute Gasteiger partial charge is 0.506 e. The molecule has 2 rings (SSSR count). The number of hydrogen-bond donors (Lipinski definition) is 1. The molecule has 1 aliphatic rings. The molecule has 1 heterocycles. The van der Waals surface area contributed by atoms with Gasteiger partial charge in [-0.05, 0) is 30.5 Å². The van der Waals surface area contributed by atoms with E-state index in [0.717, 1.165) is 24.1 Å². The molecule has 1 aromatic carbocycles. The fourth-order valence-electron chi connectivity index (χ4n) is 1.97. The third-order valence-electron chi connectivity index (χ3n) is 2.75. The first kappa shape index (κ1) is 13.2. The van der Waals surface area contributed by atoms with Gasteiger partial charge in [0.25, 0.3) is 5.91 Å². The lowest BCUT2D eigenvalue weighted by Crippen LogP contribution is -2.38. The molecule has 17 heavy (non-hydrogen) atoms. The van der Waals surface area contributed by atoms with Crippen molar-refractivity contribution < 1.29 is 9.90 Å². The van der Waals surface area contributed by atoms with Gasteiger partial charge < -0.3 is 10.0 Å². The van der Waals surface area contributed by atoms with Gasteiger partial charge in [-0.1, -0.05) is 43.5 Å². The molecule has 0 spiro atoms. The Labute approximate surface area is 121 Å². The van der Waals surface area contributed by atoms with Crippen LogP contribution in [0.15, 0.2) is 12.1 Å². The third kappa shape index (κ3) is 2.46. The zero-order valence-corrected chi connectivity index (χ0v) is 12.7. The second kappa shape index (κ2) is 5.16. The number of hydrogen-bond acceptors (Lipinski definition) is 2. The van der Waals surface area contributed by atoms with Gasteiger partial charge in [0.2, 0.25) is 0 Å². The van der Waals surface area contributed by atoms with E-state index < -0.39 is 3.74 Å². The number of nitrogens with zero attached hydrogens (tertiary/aromatic N) is 1. The molecule has 1 aliphatic heterocycles. The Bertz CT molecular complexity index is 465. The van der Waals surface area contributed by atoms with Crippen molar-refractivity contribution in [2.75, 3.05) is 11.4 Å². The molecular weight excluding hydrogens is 373 g/mol. The maximum absolute atomic E-state index is 12.0. The molecule has 0 saturated heterocycles. The number of benzene rings is 1. The topological polar surface area (TPSA) is 40.5 Å². The van der Waals surface area contributed by atoms with Crippen LogP contribution in [0.5, 0.6) is 5.75 Å². The van der Waals surface area contributed by atoms with Crippen LogP contribution in [-0.4, -0.2) is 21.3 Å². The summed E-state index contributed by atoms with van der Waals surface area (Å²) in [5.41, 5.74) is 1.62. The summed E-state index contributed by atoms with van der Waals surface area (Å²) in [5, 5.41) is 9.90. The summed E-state index contributed by atoms with van der Waals surface area (Å²) < 4.78 is -0.409. The van der Waals surface area contributed by atoms with Crippen LogP contribution in [0.25, 0.3) is 0 Å². The average Bonchev–Trinajstić information content (AvgIpc) is 2.32. The normalized spacial score (nSPS) is 14.9. The maximum atomic E-state index is 12.0. The SMILES string of the molecule is O=C(C(Br)Br)N1CCCc2c1ccc(O)c2Cl. The zero-order chi connectivity index (χ0) is 12.6. The van der Waals surface area contributed by atoms with Crippen LogP contribution in [0, 0.1) is 0 Å². The molecular formula is C11H10Br2ClNO2. The number of aromatic hydroxyl groups is 1. The number of rotatable bonds is 1. The highest BCUT2D eigenvalue weighted by molar-refractivity contribution is 9.25. The van der Waals surface area contributed by atoms with Crippen LogP contribution >= 0.6 is 43.5 Å². The number of carbonyl (C=O) groups excluding carboxylic acids is 1. The van der Waals surface area contributed by atoms with Crippen LogP contribution in [-0.2, 0) is 11.2 Å². The maximum Gasteiger partial charge on any atom is 0.251 e. The van der Waals surface area contributed by atoms with Crippen molar-refractivity contribution >= 4 is 55.1 Å². The molecule has 0 atom stereocenters. The minimum Gasteiger partial charge on any atom is -0.506 e. The van der Waals surface area contributed by atoms with E-state index >= 15 is 0 Å². The second-order valence-corrected chi connectivity index (χ2v) is 7.23. The second-order valence-electron chi connectivity index (χ2n) is 3.79. The lowest BCUT2D eigenvalue weighted by molar-refractivity contribution is -0.116. The molecule has 0 fully saturated rings. The standard InChI is InChI=1S/C11H10Br2ClNO2/c12-10(13)11(17)15-5-1-2-6-7(15)3-4-8(16)9(6)14/h3-4,10,16H,1-2,5H2. The van der Waals surface area contributed by atoms with Crippen LogP contribution < -0.4 is 4.90 Å². The van der Waals surface area contributed by atoms with Gasteiger partial charge in [-0.3, -0.25) is 4.79 Å². The molecule has 0 aliphatic carbocycles. The Kier molecular flexibility index (Phi) is 4.00. The van der Waals surface area contributed by atoms with Gasteiger partial charge in [0.1, 0.15) is 9.49 Å². The van der Waals surface area contributed by atoms with Crippen molar-refractivity contribution in [3.63, 3.8) is 0 Å². The van der Waals surface area contributed by atoms with Crippen molar-refractivity contribution in [3.05, 3.63) is 22.7 Å². The molecule has 0 saturated carbocycles. The van der Waals surface area contributed by atoms with E-state index in [9.17, 15) is 9.90 Å². The number of anilines is 1. The molecule has 3 nitrogen and oxygen atoms in total. The van der Waals surface area contributed by atoms with Gasteiger partial charge in [0.15, 0.2) is 0 Å². The van der Waals surface area contributed by atoms with E-state index in [2.05, 4.69) is 31.9 Å². The van der Waals surface area contributed by atoms with Gasteiger partial charge >= 0.3 is 0 Å². The molecule has 0 bridgehead atoms. The molecule has 1 N–H and O–H groups in total. The summed E-state index contributed by atoms with van der Waals surface area (Å²) in [5.74, 6) is 0.00153. The summed E-state index contributed by atoms with van der Waals surface area (Å²) in [4.78, 5) is 13.7. The molecule has 92 valence electrons. The van der Waals surface area contributed by atoms with Gasteiger partial charge in [0.05, 0.1) is 5.02 Å². The van der Waals surface area contributed by atoms with Gasteiger partial charge in [0, 0.05) is 12.2 Å². The minimum atomic E-state index is -0.409. The van der Waals surface area contributed by atoms with E-state index in [1.54, 1.807) is 11.0 Å². The van der Waals surface area contributed by atoms with Gasteiger partial charge in [-0.25, -0.2) is 0 Å². The van der Waals surface area contributed by atoms with Crippen molar-refractivity contribution in [1.29, 1.82) is 0 Å². The smallest absolute Gasteiger partial charge is 0.251 e. The summed E-state index contributed by atoms with van der Waals surface area (Å²) in [6.07, 6.45) is 1.62. The molecule has 0 unspecified atom stereocenters. The van der Waals surface area contributed by atoms with Crippen LogP contribution in [0.4, 0.5) is 5.69 Å². The monoisotopic (exact) mass is 381 g/mol. The fraction of sp³-hybridized carbons (Fsp3) is 0.364. The van der Waals surface area contributed by atoms with Crippen molar-refractivity contribution in [1.82, 2.24) is 0 Å².